The van der Waals surface area contributed by atoms with Gasteiger partial charge in [0.15, 0.2) is 5.13 Å². The van der Waals surface area contributed by atoms with Gasteiger partial charge in [0.05, 0.1) is 20.1 Å². The Morgan fingerprint density at radius 3 is 2.43 bits per heavy atom. The van der Waals surface area contributed by atoms with Crippen LogP contribution in [0.3, 0.4) is 0 Å². The highest BCUT2D eigenvalue weighted by atomic mass is 35.5. The Morgan fingerprint density at radius 2 is 1.82 bits per heavy atom. The molecule has 4 nitrogen and oxygen atoms in total. The van der Waals surface area contributed by atoms with E-state index in [1.54, 1.807) is 11.0 Å². The van der Waals surface area contributed by atoms with Crippen LogP contribution >= 0.6 is 58.3 Å². The SMILES string of the molecule is Cc1cc(C)c2nc(N(CCCN(C)C)C(=O)c3cc(Cl)sc3Cl)sc2c1.Cl. The molecule has 0 aliphatic heterocycles. The zero-order valence-electron chi connectivity index (χ0n) is 16.1. The minimum Gasteiger partial charge on any atom is -0.309 e. The van der Waals surface area contributed by atoms with Crippen molar-refractivity contribution in [3.05, 3.63) is 43.6 Å². The van der Waals surface area contributed by atoms with Gasteiger partial charge in [-0.1, -0.05) is 40.6 Å². The zero-order valence-corrected chi connectivity index (χ0v) is 20.0. The number of thiazole rings is 1. The van der Waals surface area contributed by atoms with Gasteiger partial charge in [-0.15, -0.1) is 23.7 Å². The number of rotatable bonds is 6. The van der Waals surface area contributed by atoms with Gasteiger partial charge in [0.25, 0.3) is 5.91 Å². The van der Waals surface area contributed by atoms with E-state index in [1.807, 2.05) is 21.0 Å². The predicted octanol–water partition coefficient (Wildman–Crippen LogP) is 6.30. The Bertz CT molecular complexity index is 984. The fraction of sp³-hybridized carbons (Fsp3) is 0.368. The molecule has 0 aliphatic rings. The van der Waals surface area contributed by atoms with Crippen molar-refractivity contribution < 1.29 is 4.79 Å². The summed E-state index contributed by atoms with van der Waals surface area (Å²) < 4.78 is 2.01. The highest BCUT2D eigenvalue weighted by Crippen LogP contribution is 2.36. The Kier molecular flexibility index (Phi) is 8.14. The molecular weight excluding hydrogens is 457 g/mol. The normalized spacial score (nSPS) is 11.1. The summed E-state index contributed by atoms with van der Waals surface area (Å²) in [6.45, 7) is 5.56. The Hall–Kier alpha value is -0.890. The minimum absolute atomic E-state index is 0. The topological polar surface area (TPSA) is 36.4 Å². The van der Waals surface area contributed by atoms with Crippen LogP contribution in [0.2, 0.25) is 8.67 Å². The monoisotopic (exact) mass is 477 g/mol. The van der Waals surface area contributed by atoms with Crippen molar-refractivity contribution in [1.29, 1.82) is 0 Å². The number of hydrogen-bond acceptors (Lipinski definition) is 5. The predicted molar refractivity (Wildman–Crippen MR) is 126 cm³/mol. The fourth-order valence-corrected chi connectivity index (χ4v) is 5.55. The minimum atomic E-state index is -0.157. The van der Waals surface area contributed by atoms with Crippen molar-refractivity contribution in [3.63, 3.8) is 0 Å². The lowest BCUT2D eigenvalue weighted by Crippen LogP contribution is -2.33. The van der Waals surface area contributed by atoms with Crippen LogP contribution in [0.15, 0.2) is 18.2 Å². The summed E-state index contributed by atoms with van der Waals surface area (Å²) in [5.74, 6) is -0.157. The highest BCUT2D eigenvalue weighted by molar-refractivity contribution is 7.22. The van der Waals surface area contributed by atoms with Gasteiger partial charge in [-0.2, -0.15) is 0 Å². The van der Waals surface area contributed by atoms with Crippen LogP contribution in [0.4, 0.5) is 5.13 Å². The molecule has 28 heavy (non-hydrogen) atoms. The van der Waals surface area contributed by atoms with E-state index in [-0.39, 0.29) is 18.3 Å². The number of benzene rings is 1. The molecule has 0 saturated heterocycles. The molecule has 3 aromatic rings. The van der Waals surface area contributed by atoms with Crippen LogP contribution in [0.5, 0.6) is 0 Å². The smallest absolute Gasteiger partial charge is 0.262 e. The van der Waals surface area contributed by atoms with Crippen molar-refractivity contribution in [2.24, 2.45) is 0 Å². The van der Waals surface area contributed by atoms with Gasteiger partial charge in [0, 0.05) is 6.54 Å². The van der Waals surface area contributed by atoms with E-state index in [4.69, 9.17) is 28.2 Å². The summed E-state index contributed by atoms with van der Waals surface area (Å²) in [4.78, 5) is 21.8. The molecule has 1 aromatic carbocycles. The van der Waals surface area contributed by atoms with Crippen LogP contribution in [-0.4, -0.2) is 43.0 Å². The molecule has 152 valence electrons. The molecule has 0 atom stereocenters. The van der Waals surface area contributed by atoms with Crippen LogP contribution < -0.4 is 4.90 Å². The van der Waals surface area contributed by atoms with Gasteiger partial charge in [-0.25, -0.2) is 4.98 Å². The summed E-state index contributed by atoms with van der Waals surface area (Å²) in [5, 5.41) is 0.695. The van der Waals surface area contributed by atoms with Crippen molar-refractivity contribution in [3.8, 4) is 0 Å². The number of anilines is 1. The van der Waals surface area contributed by atoms with Crippen LogP contribution in [0, 0.1) is 13.8 Å². The van der Waals surface area contributed by atoms with Crippen molar-refractivity contribution in [2.45, 2.75) is 20.3 Å². The van der Waals surface area contributed by atoms with Crippen LogP contribution in [-0.2, 0) is 0 Å². The number of nitrogens with zero attached hydrogens (tertiary/aromatic N) is 3. The molecule has 3 rings (SSSR count). The van der Waals surface area contributed by atoms with E-state index >= 15 is 0 Å². The summed E-state index contributed by atoms with van der Waals surface area (Å²) >= 11 is 15.0. The fourth-order valence-electron chi connectivity index (χ4n) is 2.93. The third kappa shape index (κ3) is 5.17. The molecule has 9 heteroatoms. The van der Waals surface area contributed by atoms with E-state index in [2.05, 4.69) is 24.0 Å². The van der Waals surface area contributed by atoms with Gasteiger partial charge in [-0.3, -0.25) is 9.69 Å². The number of hydrogen-bond donors (Lipinski definition) is 0. The quantitative estimate of drug-likeness (QED) is 0.417. The molecule has 0 N–H and O–H groups in total. The van der Waals surface area contributed by atoms with Crippen LogP contribution in [0.25, 0.3) is 10.2 Å². The Morgan fingerprint density at radius 1 is 1.11 bits per heavy atom. The number of aryl methyl sites for hydroxylation is 2. The maximum Gasteiger partial charge on any atom is 0.262 e. The summed E-state index contributed by atoms with van der Waals surface area (Å²) in [7, 11) is 4.04. The summed E-state index contributed by atoms with van der Waals surface area (Å²) in [6, 6.07) is 5.86. The second-order valence-corrected chi connectivity index (χ2v) is 10.1. The second kappa shape index (κ2) is 9.74. The molecule has 2 aromatic heterocycles. The van der Waals surface area contributed by atoms with E-state index < -0.39 is 0 Å². The Labute approximate surface area is 189 Å². The first-order valence-electron chi connectivity index (χ1n) is 8.55. The summed E-state index contributed by atoms with van der Waals surface area (Å²) in [6.07, 6.45) is 0.835. The van der Waals surface area contributed by atoms with E-state index in [9.17, 15) is 4.79 Å². The number of halogens is 3. The summed E-state index contributed by atoms with van der Waals surface area (Å²) in [5.41, 5.74) is 3.68. The molecular formula is C19H22Cl3N3OS2. The number of amides is 1. The highest BCUT2D eigenvalue weighted by Gasteiger charge is 2.25. The number of carbonyl (C=O) groups excluding carboxylic acids is 1. The third-order valence-electron chi connectivity index (χ3n) is 4.17. The first-order chi connectivity index (χ1) is 12.8. The molecule has 0 spiro atoms. The molecule has 0 aliphatic carbocycles. The van der Waals surface area contributed by atoms with Gasteiger partial charge in [0.2, 0.25) is 0 Å². The van der Waals surface area contributed by atoms with Gasteiger partial charge < -0.3 is 4.90 Å². The lowest BCUT2D eigenvalue weighted by Gasteiger charge is -2.20. The number of carbonyl (C=O) groups is 1. The molecule has 0 saturated carbocycles. The zero-order chi connectivity index (χ0) is 19.7. The molecule has 0 unspecified atom stereocenters. The number of aromatic nitrogens is 1. The van der Waals surface area contributed by atoms with Crippen LogP contribution in [0.1, 0.15) is 27.9 Å². The molecule has 0 radical (unpaired) electrons. The van der Waals surface area contributed by atoms with Gasteiger partial charge in [0.1, 0.15) is 4.34 Å². The number of thiophene rings is 1. The maximum atomic E-state index is 13.2. The lowest BCUT2D eigenvalue weighted by atomic mass is 10.1. The lowest BCUT2D eigenvalue weighted by molar-refractivity contribution is 0.0986. The van der Waals surface area contributed by atoms with Crippen molar-refractivity contribution >= 4 is 79.5 Å². The van der Waals surface area contributed by atoms with Crippen molar-refractivity contribution in [2.75, 3.05) is 32.1 Å². The average Bonchev–Trinajstić information content (AvgIpc) is 3.13. The maximum absolute atomic E-state index is 13.2. The molecule has 1 amide bonds. The standard InChI is InChI=1S/C19H21Cl2N3OS2.ClH/c1-11-8-12(2)16-14(9-11)26-19(22-16)24(7-5-6-23(3)4)18(25)13-10-15(20)27-17(13)21;/h8-10H,5-7H2,1-4H3;1H. The molecule has 2 heterocycles. The van der Waals surface area contributed by atoms with Gasteiger partial charge in [-0.05, 0) is 64.2 Å². The third-order valence-corrected chi connectivity index (χ3v) is 6.68. The Balaban J connectivity index is 0.00000280. The first-order valence-corrected chi connectivity index (χ1v) is 10.9. The number of fused-ring (bicyclic) bond motifs is 1. The first kappa shape index (κ1) is 23.4. The van der Waals surface area contributed by atoms with E-state index in [0.29, 0.717) is 25.9 Å². The molecule has 0 fully saturated rings. The molecule has 0 bridgehead atoms. The van der Waals surface area contributed by atoms with Crippen molar-refractivity contribution in [1.82, 2.24) is 9.88 Å². The van der Waals surface area contributed by atoms with Gasteiger partial charge >= 0.3 is 0 Å². The average molecular weight is 479 g/mol. The van der Waals surface area contributed by atoms with E-state index in [1.165, 1.54) is 28.2 Å². The largest absolute Gasteiger partial charge is 0.309 e. The second-order valence-electron chi connectivity index (χ2n) is 6.78. The van der Waals surface area contributed by atoms with E-state index in [0.717, 1.165) is 28.7 Å².